The lowest BCUT2D eigenvalue weighted by Gasteiger charge is -2.12. The lowest BCUT2D eigenvalue weighted by molar-refractivity contribution is 0.0697. The van der Waals surface area contributed by atoms with E-state index in [1.165, 1.54) is 5.56 Å². The van der Waals surface area contributed by atoms with Crippen LogP contribution in [0.15, 0.2) is 30.5 Å². The first kappa shape index (κ1) is 13.8. The number of benzene rings is 1. The van der Waals surface area contributed by atoms with Crippen LogP contribution in [0.25, 0.3) is 10.9 Å². The average molecular weight is 279 g/mol. The Balaban J connectivity index is 0.00000133. The number of halogens is 1. The molecule has 1 fully saturated rings. The zero-order valence-corrected chi connectivity index (χ0v) is 11.1. The van der Waals surface area contributed by atoms with Crippen molar-refractivity contribution >= 4 is 29.3 Å². The molecule has 1 saturated heterocycles. The first-order chi connectivity index (χ1) is 8.75. The fraction of sp³-hybridized carbons (Fsp3) is 0.286. The van der Waals surface area contributed by atoms with Gasteiger partial charge in [0.2, 0.25) is 0 Å². The maximum Gasteiger partial charge on any atom is 0.335 e. The summed E-state index contributed by atoms with van der Waals surface area (Å²) in [6, 6.07) is 7.13. The third-order valence-electron chi connectivity index (χ3n) is 3.52. The summed E-state index contributed by atoms with van der Waals surface area (Å²) in [5.41, 5.74) is 2.39. The van der Waals surface area contributed by atoms with E-state index in [2.05, 4.69) is 10.3 Å². The number of pyridine rings is 1. The molecule has 2 N–H and O–H groups in total. The number of nitrogens with one attached hydrogen (secondary N) is 1. The van der Waals surface area contributed by atoms with Gasteiger partial charge in [0.1, 0.15) is 0 Å². The molecule has 1 unspecified atom stereocenters. The van der Waals surface area contributed by atoms with Crippen molar-refractivity contribution in [1.29, 1.82) is 0 Å². The van der Waals surface area contributed by atoms with Crippen molar-refractivity contribution in [3.8, 4) is 0 Å². The van der Waals surface area contributed by atoms with E-state index in [1.807, 2.05) is 6.07 Å². The molecule has 2 aromatic rings. The summed E-state index contributed by atoms with van der Waals surface area (Å²) in [4.78, 5) is 15.3. The van der Waals surface area contributed by atoms with Gasteiger partial charge in [-0.25, -0.2) is 4.79 Å². The third kappa shape index (κ3) is 2.55. The van der Waals surface area contributed by atoms with Crippen LogP contribution < -0.4 is 5.32 Å². The van der Waals surface area contributed by atoms with Crippen LogP contribution in [-0.2, 0) is 0 Å². The molecule has 1 atom stereocenters. The van der Waals surface area contributed by atoms with Crippen molar-refractivity contribution in [2.45, 2.75) is 12.3 Å². The maximum atomic E-state index is 11.0. The largest absolute Gasteiger partial charge is 0.478 e. The summed E-state index contributed by atoms with van der Waals surface area (Å²) in [5.74, 6) is -0.434. The van der Waals surface area contributed by atoms with Crippen molar-refractivity contribution in [3.63, 3.8) is 0 Å². The molecule has 0 bridgehead atoms. The fourth-order valence-corrected chi connectivity index (χ4v) is 2.58. The molecule has 3 rings (SSSR count). The summed E-state index contributed by atoms with van der Waals surface area (Å²) in [6.45, 7) is 1.98. The van der Waals surface area contributed by atoms with Crippen LogP contribution in [0, 0.1) is 0 Å². The summed E-state index contributed by atoms with van der Waals surface area (Å²) in [7, 11) is 0. The number of hydrogen-bond acceptors (Lipinski definition) is 3. The Morgan fingerprint density at radius 2 is 2.21 bits per heavy atom. The van der Waals surface area contributed by atoms with E-state index in [4.69, 9.17) is 5.11 Å². The van der Waals surface area contributed by atoms with Crippen molar-refractivity contribution in [1.82, 2.24) is 10.3 Å². The first-order valence-electron chi connectivity index (χ1n) is 6.08. The quantitative estimate of drug-likeness (QED) is 0.886. The normalized spacial score (nSPS) is 18.2. The molecule has 0 spiro atoms. The predicted octanol–water partition coefficient (Wildman–Crippen LogP) is 2.43. The summed E-state index contributed by atoms with van der Waals surface area (Å²) >= 11 is 0. The SMILES string of the molecule is Cl.O=C(O)c1ccc2nccc(C3CCNC3)c2c1. The molecule has 19 heavy (non-hydrogen) atoms. The van der Waals surface area contributed by atoms with E-state index < -0.39 is 5.97 Å². The summed E-state index contributed by atoms with van der Waals surface area (Å²) < 4.78 is 0. The van der Waals surface area contributed by atoms with Gasteiger partial charge in [-0.05, 0) is 48.7 Å². The van der Waals surface area contributed by atoms with Gasteiger partial charge in [-0.15, -0.1) is 12.4 Å². The summed E-state index contributed by atoms with van der Waals surface area (Å²) in [6.07, 6.45) is 2.90. The summed E-state index contributed by atoms with van der Waals surface area (Å²) in [5, 5.41) is 13.4. The van der Waals surface area contributed by atoms with Crippen LogP contribution in [0.4, 0.5) is 0 Å². The minimum Gasteiger partial charge on any atom is -0.478 e. The van der Waals surface area contributed by atoms with E-state index in [0.717, 1.165) is 30.4 Å². The Labute approximate surface area is 117 Å². The van der Waals surface area contributed by atoms with Gasteiger partial charge in [0.05, 0.1) is 11.1 Å². The van der Waals surface area contributed by atoms with Gasteiger partial charge in [0.15, 0.2) is 0 Å². The highest BCUT2D eigenvalue weighted by Gasteiger charge is 2.19. The Kier molecular flexibility index (Phi) is 4.02. The van der Waals surface area contributed by atoms with Crippen molar-refractivity contribution < 1.29 is 9.90 Å². The predicted molar refractivity (Wildman–Crippen MR) is 76.2 cm³/mol. The van der Waals surface area contributed by atoms with Gasteiger partial charge in [0.25, 0.3) is 0 Å². The highest BCUT2D eigenvalue weighted by Crippen LogP contribution is 2.29. The van der Waals surface area contributed by atoms with E-state index in [1.54, 1.807) is 24.4 Å². The number of carboxylic acid groups (broad SMARTS) is 1. The molecule has 0 radical (unpaired) electrons. The first-order valence-corrected chi connectivity index (χ1v) is 6.08. The van der Waals surface area contributed by atoms with E-state index in [-0.39, 0.29) is 12.4 Å². The Bertz CT molecular complexity index is 609. The number of hydrogen-bond donors (Lipinski definition) is 2. The standard InChI is InChI=1S/C14H14N2O2.ClH/c17-14(18)9-1-2-13-12(7-9)11(4-6-16-13)10-3-5-15-8-10;/h1-2,4,6-7,10,15H,3,5,8H2,(H,17,18);1H. The minimum atomic E-state index is -0.892. The zero-order valence-electron chi connectivity index (χ0n) is 10.3. The number of carbonyl (C=O) groups is 1. The molecule has 0 saturated carbocycles. The van der Waals surface area contributed by atoms with E-state index in [0.29, 0.717) is 11.5 Å². The third-order valence-corrected chi connectivity index (χ3v) is 3.52. The molecule has 0 aliphatic carbocycles. The van der Waals surface area contributed by atoms with Gasteiger partial charge < -0.3 is 10.4 Å². The molecule has 100 valence electrons. The topological polar surface area (TPSA) is 62.2 Å². The van der Waals surface area contributed by atoms with Crippen LogP contribution in [0.2, 0.25) is 0 Å². The van der Waals surface area contributed by atoms with Crippen molar-refractivity contribution in [2.75, 3.05) is 13.1 Å². The monoisotopic (exact) mass is 278 g/mol. The lowest BCUT2D eigenvalue weighted by Crippen LogP contribution is -2.08. The van der Waals surface area contributed by atoms with E-state index >= 15 is 0 Å². The molecule has 1 aliphatic heterocycles. The zero-order chi connectivity index (χ0) is 12.5. The second kappa shape index (κ2) is 5.55. The molecule has 4 nitrogen and oxygen atoms in total. The highest BCUT2D eigenvalue weighted by atomic mass is 35.5. The average Bonchev–Trinajstić information content (AvgIpc) is 2.91. The van der Waals surface area contributed by atoms with Gasteiger partial charge in [-0.1, -0.05) is 0 Å². The van der Waals surface area contributed by atoms with E-state index in [9.17, 15) is 4.79 Å². The number of fused-ring (bicyclic) bond motifs is 1. The smallest absolute Gasteiger partial charge is 0.335 e. The number of nitrogens with zero attached hydrogens (tertiary/aromatic N) is 1. The van der Waals surface area contributed by atoms with Crippen LogP contribution in [0.1, 0.15) is 28.3 Å². The van der Waals surface area contributed by atoms with Gasteiger partial charge >= 0.3 is 5.97 Å². The highest BCUT2D eigenvalue weighted by molar-refractivity contribution is 5.94. The maximum absolute atomic E-state index is 11.0. The number of carboxylic acids is 1. The molecule has 5 heteroatoms. The number of aromatic nitrogens is 1. The molecule has 1 aromatic heterocycles. The van der Waals surface area contributed by atoms with Gasteiger partial charge in [-0.2, -0.15) is 0 Å². The van der Waals surface area contributed by atoms with Crippen LogP contribution >= 0.6 is 12.4 Å². The second-order valence-corrected chi connectivity index (χ2v) is 4.63. The Morgan fingerprint density at radius 3 is 2.89 bits per heavy atom. The van der Waals surface area contributed by atoms with Gasteiger partial charge in [-0.3, -0.25) is 4.98 Å². The Hall–Kier alpha value is -1.65. The molecular weight excluding hydrogens is 264 g/mol. The minimum absolute atomic E-state index is 0. The molecule has 1 aromatic carbocycles. The lowest BCUT2D eigenvalue weighted by atomic mass is 9.94. The molecule has 2 heterocycles. The van der Waals surface area contributed by atoms with Gasteiger partial charge in [0, 0.05) is 18.1 Å². The number of aromatic carboxylic acids is 1. The Morgan fingerprint density at radius 1 is 1.37 bits per heavy atom. The second-order valence-electron chi connectivity index (χ2n) is 4.63. The fourth-order valence-electron chi connectivity index (χ4n) is 2.58. The van der Waals surface area contributed by atoms with Crippen LogP contribution in [0.3, 0.4) is 0 Å². The van der Waals surface area contributed by atoms with Crippen LogP contribution in [-0.4, -0.2) is 29.1 Å². The number of rotatable bonds is 2. The molecule has 1 aliphatic rings. The van der Waals surface area contributed by atoms with Crippen molar-refractivity contribution in [3.05, 3.63) is 41.6 Å². The molecule has 0 amide bonds. The molecular formula is C14H15ClN2O2. The van der Waals surface area contributed by atoms with Crippen molar-refractivity contribution in [2.24, 2.45) is 0 Å². The van der Waals surface area contributed by atoms with Crippen LogP contribution in [0.5, 0.6) is 0 Å².